The number of carbonyl (C=O) groups is 1. The zero-order valence-electron chi connectivity index (χ0n) is 14.5. The van der Waals surface area contributed by atoms with Crippen molar-refractivity contribution >= 4 is 6.03 Å². The molecule has 1 aliphatic heterocycles. The summed E-state index contributed by atoms with van der Waals surface area (Å²) in [5.41, 5.74) is 0.672. The summed E-state index contributed by atoms with van der Waals surface area (Å²) < 4.78 is 0. The minimum atomic E-state index is -0.663. The molecule has 2 aliphatic rings. The van der Waals surface area contributed by atoms with Crippen LogP contribution in [0.25, 0.3) is 0 Å². The Hall–Kier alpha value is -1.59. The van der Waals surface area contributed by atoms with E-state index in [4.69, 9.17) is 0 Å². The first kappa shape index (κ1) is 17.2. The van der Waals surface area contributed by atoms with Gasteiger partial charge in [0.2, 0.25) is 0 Å². The van der Waals surface area contributed by atoms with Gasteiger partial charge in [0, 0.05) is 31.7 Å². The molecule has 132 valence electrons. The number of piperidine rings is 1. The molecule has 1 heterocycles. The first-order valence-corrected chi connectivity index (χ1v) is 9.09. The Morgan fingerprint density at radius 2 is 2.08 bits per heavy atom. The highest BCUT2D eigenvalue weighted by Crippen LogP contribution is 2.30. The van der Waals surface area contributed by atoms with Crippen molar-refractivity contribution < 1.29 is 9.90 Å². The molecule has 0 spiro atoms. The van der Waals surface area contributed by atoms with Crippen LogP contribution in [0.2, 0.25) is 0 Å². The summed E-state index contributed by atoms with van der Waals surface area (Å²) in [4.78, 5) is 14.5. The first-order chi connectivity index (χ1) is 11.5. The van der Waals surface area contributed by atoms with Crippen molar-refractivity contribution in [3.05, 3.63) is 35.9 Å². The van der Waals surface area contributed by atoms with Crippen LogP contribution >= 0.6 is 0 Å². The number of urea groups is 1. The number of nitrogens with zero attached hydrogens (tertiary/aromatic N) is 1. The van der Waals surface area contributed by atoms with Crippen LogP contribution in [0.5, 0.6) is 0 Å². The second kappa shape index (κ2) is 7.53. The lowest BCUT2D eigenvalue weighted by Crippen LogP contribution is -2.54. The predicted molar refractivity (Wildman–Crippen MR) is 94.7 cm³/mol. The van der Waals surface area contributed by atoms with Gasteiger partial charge in [0.05, 0.1) is 5.60 Å². The fraction of sp³-hybridized carbons (Fsp3) is 0.632. The fourth-order valence-corrected chi connectivity index (χ4v) is 3.65. The number of amides is 2. The summed E-state index contributed by atoms with van der Waals surface area (Å²) in [5.74, 6) is 0. The van der Waals surface area contributed by atoms with Gasteiger partial charge in [0.25, 0.3) is 0 Å². The number of nitrogens with one attached hydrogen (secondary N) is 2. The van der Waals surface area contributed by atoms with E-state index in [1.807, 2.05) is 6.07 Å². The van der Waals surface area contributed by atoms with Gasteiger partial charge >= 0.3 is 6.03 Å². The van der Waals surface area contributed by atoms with E-state index in [1.165, 1.54) is 5.56 Å². The Balaban J connectivity index is 1.41. The molecule has 1 aromatic carbocycles. The van der Waals surface area contributed by atoms with E-state index in [0.29, 0.717) is 12.6 Å². The standard InChI is InChI=1S/C19H29N3O2/c1-15-12-17(21-18(23)20-14-19(24)9-5-10-19)8-11-22(15)13-16-6-3-2-4-7-16/h2-4,6-7,15,17,24H,5,8-14H2,1H3,(H2,20,21,23). The average Bonchev–Trinajstić information content (AvgIpc) is 2.55. The molecule has 0 aromatic heterocycles. The summed E-state index contributed by atoms with van der Waals surface area (Å²) >= 11 is 0. The molecule has 0 bridgehead atoms. The quantitative estimate of drug-likeness (QED) is 0.775. The van der Waals surface area contributed by atoms with Crippen molar-refractivity contribution in [1.29, 1.82) is 0 Å². The van der Waals surface area contributed by atoms with Gasteiger partial charge in [-0.15, -0.1) is 0 Å². The lowest BCUT2D eigenvalue weighted by Gasteiger charge is -2.39. The highest BCUT2D eigenvalue weighted by atomic mass is 16.3. The van der Waals surface area contributed by atoms with Crippen LogP contribution in [-0.4, -0.2) is 46.8 Å². The molecule has 1 saturated carbocycles. The number of hydrogen-bond acceptors (Lipinski definition) is 3. The summed E-state index contributed by atoms with van der Waals surface area (Å²) in [6.07, 6.45) is 4.57. The Labute approximate surface area is 144 Å². The molecule has 1 aromatic rings. The molecule has 1 saturated heterocycles. The molecule has 3 N–H and O–H groups in total. The third-order valence-electron chi connectivity index (χ3n) is 5.44. The Morgan fingerprint density at radius 1 is 1.33 bits per heavy atom. The zero-order valence-corrected chi connectivity index (χ0v) is 14.5. The van der Waals surface area contributed by atoms with Crippen LogP contribution in [0, 0.1) is 0 Å². The maximum Gasteiger partial charge on any atom is 0.315 e. The van der Waals surface area contributed by atoms with Crippen LogP contribution < -0.4 is 10.6 Å². The molecule has 2 atom stereocenters. The smallest absolute Gasteiger partial charge is 0.315 e. The Bertz CT molecular complexity index is 545. The van der Waals surface area contributed by atoms with Crippen molar-refractivity contribution in [1.82, 2.24) is 15.5 Å². The molecule has 5 heteroatoms. The van der Waals surface area contributed by atoms with Gasteiger partial charge in [-0.1, -0.05) is 30.3 Å². The summed E-state index contributed by atoms with van der Waals surface area (Å²) in [6, 6.07) is 11.0. The average molecular weight is 331 g/mol. The largest absolute Gasteiger partial charge is 0.388 e. The Morgan fingerprint density at radius 3 is 2.71 bits per heavy atom. The van der Waals surface area contributed by atoms with Crippen LogP contribution in [0.1, 0.15) is 44.6 Å². The van der Waals surface area contributed by atoms with Gasteiger partial charge < -0.3 is 15.7 Å². The zero-order chi connectivity index (χ0) is 17.0. The fourth-order valence-electron chi connectivity index (χ4n) is 3.65. The van der Waals surface area contributed by atoms with E-state index < -0.39 is 5.60 Å². The van der Waals surface area contributed by atoms with Gasteiger partial charge in [0.1, 0.15) is 0 Å². The van der Waals surface area contributed by atoms with Crippen molar-refractivity contribution in [2.45, 2.75) is 63.3 Å². The highest BCUT2D eigenvalue weighted by molar-refractivity contribution is 5.74. The van der Waals surface area contributed by atoms with Crippen LogP contribution in [0.3, 0.4) is 0 Å². The van der Waals surface area contributed by atoms with E-state index in [0.717, 1.165) is 45.2 Å². The van der Waals surface area contributed by atoms with Gasteiger partial charge in [-0.2, -0.15) is 0 Å². The number of rotatable bonds is 5. The topological polar surface area (TPSA) is 64.6 Å². The maximum atomic E-state index is 12.0. The molecule has 24 heavy (non-hydrogen) atoms. The molecule has 5 nitrogen and oxygen atoms in total. The molecule has 2 unspecified atom stereocenters. The van der Waals surface area contributed by atoms with E-state index in [9.17, 15) is 9.90 Å². The molecule has 2 fully saturated rings. The SMILES string of the molecule is CC1CC(NC(=O)NCC2(O)CCC2)CCN1Cc1ccccc1. The van der Waals surface area contributed by atoms with E-state index in [-0.39, 0.29) is 12.1 Å². The minimum Gasteiger partial charge on any atom is -0.388 e. The van der Waals surface area contributed by atoms with Crippen molar-refractivity contribution in [3.8, 4) is 0 Å². The van der Waals surface area contributed by atoms with E-state index >= 15 is 0 Å². The first-order valence-electron chi connectivity index (χ1n) is 9.09. The third-order valence-corrected chi connectivity index (χ3v) is 5.44. The molecule has 0 radical (unpaired) electrons. The summed E-state index contributed by atoms with van der Waals surface area (Å²) in [7, 11) is 0. The van der Waals surface area contributed by atoms with Gasteiger partial charge in [-0.25, -0.2) is 4.79 Å². The van der Waals surface area contributed by atoms with Gasteiger partial charge in [0.15, 0.2) is 0 Å². The minimum absolute atomic E-state index is 0.149. The van der Waals surface area contributed by atoms with Crippen molar-refractivity contribution in [2.24, 2.45) is 0 Å². The normalized spacial score (nSPS) is 26.4. The predicted octanol–water partition coefficient (Wildman–Crippen LogP) is 2.25. The second-order valence-electron chi connectivity index (χ2n) is 7.43. The van der Waals surface area contributed by atoms with Crippen molar-refractivity contribution in [3.63, 3.8) is 0 Å². The van der Waals surface area contributed by atoms with Gasteiger partial charge in [-0.3, -0.25) is 4.90 Å². The molecular weight excluding hydrogens is 302 g/mol. The molecule has 2 amide bonds. The molecule has 1 aliphatic carbocycles. The lowest BCUT2D eigenvalue weighted by atomic mass is 9.80. The molecular formula is C19H29N3O2. The highest BCUT2D eigenvalue weighted by Gasteiger charge is 2.34. The lowest BCUT2D eigenvalue weighted by molar-refractivity contribution is -0.0291. The van der Waals surface area contributed by atoms with Crippen molar-refractivity contribution in [2.75, 3.05) is 13.1 Å². The van der Waals surface area contributed by atoms with E-state index in [2.05, 4.69) is 46.7 Å². The number of likely N-dealkylation sites (tertiary alicyclic amines) is 1. The Kier molecular flexibility index (Phi) is 5.41. The third kappa shape index (κ3) is 4.48. The summed E-state index contributed by atoms with van der Waals surface area (Å²) in [6.45, 7) is 4.55. The number of hydrogen-bond donors (Lipinski definition) is 3. The maximum absolute atomic E-state index is 12.0. The second-order valence-corrected chi connectivity index (χ2v) is 7.43. The number of aliphatic hydroxyl groups is 1. The van der Waals surface area contributed by atoms with Gasteiger partial charge in [-0.05, 0) is 44.6 Å². The van der Waals surface area contributed by atoms with Crippen LogP contribution in [0.15, 0.2) is 30.3 Å². The van der Waals surface area contributed by atoms with E-state index in [1.54, 1.807) is 0 Å². The molecule has 3 rings (SSSR count). The number of benzene rings is 1. The van der Waals surface area contributed by atoms with Crippen LogP contribution in [0.4, 0.5) is 4.79 Å². The monoisotopic (exact) mass is 331 g/mol. The van der Waals surface area contributed by atoms with Crippen LogP contribution in [-0.2, 0) is 6.54 Å². The number of carbonyl (C=O) groups excluding carboxylic acids is 1. The summed E-state index contributed by atoms with van der Waals surface area (Å²) in [5, 5.41) is 15.9.